The van der Waals surface area contributed by atoms with Gasteiger partial charge in [-0.25, -0.2) is 10.8 Å². The highest BCUT2D eigenvalue weighted by atomic mass is 15.4. The van der Waals surface area contributed by atoms with Crippen LogP contribution in [0.1, 0.15) is 70.6 Å². The normalized spacial score (nSPS) is 30.1. The molecule has 0 aromatic rings. The van der Waals surface area contributed by atoms with Crippen molar-refractivity contribution in [2.75, 3.05) is 6.54 Å². The number of rotatable bonds is 2. The molecule has 0 amide bonds. The summed E-state index contributed by atoms with van der Waals surface area (Å²) >= 11 is 0. The van der Waals surface area contributed by atoms with E-state index in [9.17, 15) is 0 Å². The number of nitrogens with one attached hydrogen (secondary N) is 1. The van der Waals surface area contributed by atoms with Gasteiger partial charge in [-0.15, -0.1) is 0 Å². The summed E-state index contributed by atoms with van der Waals surface area (Å²) in [4.78, 5) is 7.45. The molecule has 3 N–H and O–H groups in total. The smallest absolute Gasteiger partial charge is 0.208 e. The molecule has 2 saturated carbocycles. The van der Waals surface area contributed by atoms with Crippen LogP contribution in [-0.2, 0) is 0 Å². The Morgan fingerprint density at radius 1 is 0.900 bits per heavy atom. The zero-order valence-electron chi connectivity index (χ0n) is 12.7. The lowest BCUT2D eigenvalue weighted by Crippen LogP contribution is -2.49. The molecule has 1 aliphatic heterocycles. The van der Waals surface area contributed by atoms with E-state index in [0.29, 0.717) is 12.1 Å². The lowest BCUT2D eigenvalue weighted by molar-refractivity contribution is 0.271. The summed E-state index contributed by atoms with van der Waals surface area (Å²) in [7, 11) is 0. The predicted octanol–water partition coefficient (Wildman–Crippen LogP) is 2.79. The number of guanidine groups is 1. The first-order valence-corrected chi connectivity index (χ1v) is 8.69. The van der Waals surface area contributed by atoms with E-state index < -0.39 is 0 Å². The van der Waals surface area contributed by atoms with Crippen molar-refractivity contribution >= 4 is 5.96 Å². The van der Waals surface area contributed by atoms with Gasteiger partial charge in [0, 0.05) is 12.6 Å². The molecule has 2 aliphatic carbocycles. The molecule has 20 heavy (non-hydrogen) atoms. The van der Waals surface area contributed by atoms with Crippen molar-refractivity contribution in [3.8, 4) is 0 Å². The van der Waals surface area contributed by atoms with Gasteiger partial charge in [-0.1, -0.05) is 32.1 Å². The zero-order valence-corrected chi connectivity index (χ0v) is 12.7. The summed E-state index contributed by atoms with van der Waals surface area (Å²) in [6.07, 6.45) is 14.8. The average Bonchev–Trinajstić information content (AvgIpc) is 3.16. The molecule has 0 spiro atoms. The van der Waals surface area contributed by atoms with Gasteiger partial charge in [-0.3, -0.25) is 5.43 Å². The van der Waals surface area contributed by atoms with Crippen LogP contribution in [0.5, 0.6) is 0 Å². The Kier molecular flexibility index (Phi) is 4.81. The predicted molar refractivity (Wildman–Crippen MR) is 83.3 cm³/mol. The summed E-state index contributed by atoms with van der Waals surface area (Å²) in [5, 5.41) is 0. The Morgan fingerprint density at radius 3 is 2.30 bits per heavy atom. The Balaban J connectivity index is 1.68. The second-order valence-electron chi connectivity index (χ2n) is 6.84. The topological polar surface area (TPSA) is 53.6 Å². The number of hydrazine groups is 1. The van der Waals surface area contributed by atoms with Crippen LogP contribution < -0.4 is 11.3 Å². The van der Waals surface area contributed by atoms with Crippen LogP contribution in [0.25, 0.3) is 0 Å². The van der Waals surface area contributed by atoms with E-state index in [-0.39, 0.29) is 0 Å². The van der Waals surface area contributed by atoms with Crippen LogP contribution >= 0.6 is 0 Å². The molecule has 1 saturated heterocycles. The number of nitrogens with zero attached hydrogens (tertiary/aromatic N) is 2. The molecular formula is C16H30N4. The zero-order chi connectivity index (χ0) is 13.8. The second kappa shape index (κ2) is 6.79. The molecule has 3 aliphatic rings. The summed E-state index contributed by atoms with van der Waals surface area (Å²) < 4.78 is 0. The van der Waals surface area contributed by atoms with Crippen LogP contribution in [-0.4, -0.2) is 29.5 Å². The maximum Gasteiger partial charge on any atom is 0.208 e. The Morgan fingerprint density at radius 2 is 1.60 bits per heavy atom. The third-order valence-corrected chi connectivity index (χ3v) is 5.52. The molecule has 0 radical (unpaired) electrons. The third-order valence-electron chi connectivity index (χ3n) is 5.52. The van der Waals surface area contributed by atoms with Crippen molar-refractivity contribution in [2.45, 2.75) is 82.7 Å². The molecule has 114 valence electrons. The van der Waals surface area contributed by atoms with Crippen molar-refractivity contribution in [3.05, 3.63) is 0 Å². The van der Waals surface area contributed by atoms with Crippen molar-refractivity contribution in [3.63, 3.8) is 0 Å². The van der Waals surface area contributed by atoms with Crippen LogP contribution in [0.4, 0.5) is 0 Å². The van der Waals surface area contributed by atoms with E-state index in [1.165, 1.54) is 70.6 Å². The molecule has 1 unspecified atom stereocenters. The van der Waals surface area contributed by atoms with Crippen LogP contribution in [0.3, 0.4) is 0 Å². The van der Waals surface area contributed by atoms with E-state index in [1.807, 2.05) is 0 Å². The van der Waals surface area contributed by atoms with Gasteiger partial charge < -0.3 is 4.90 Å². The van der Waals surface area contributed by atoms with Gasteiger partial charge in [-0.05, 0) is 44.4 Å². The molecule has 1 heterocycles. The van der Waals surface area contributed by atoms with E-state index in [0.717, 1.165) is 18.4 Å². The lowest BCUT2D eigenvalue weighted by Gasteiger charge is -2.32. The maximum atomic E-state index is 5.81. The minimum atomic E-state index is 0.500. The third kappa shape index (κ3) is 3.11. The molecule has 1 atom stereocenters. The van der Waals surface area contributed by atoms with Gasteiger partial charge in [0.15, 0.2) is 0 Å². The largest absolute Gasteiger partial charge is 0.339 e. The highest BCUT2D eigenvalue weighted by Gasteiger charge is 2.35. The van der Waals surface area contributed by atoms with Crippen molar-refractivity contribution < 1.29 is 0 Å². The van der Waals surface area contributed by atoms with Crippen molar-refractivity contribution in [1.82, 2.24) is 10.3 Å². The first-order chi connectivity index (χ1) is 9.88. The fourth-order valence-corrected chi connectivity index (χ4v) is 4.47. The summed E-state index contributed by atoms with van der Waals surface area (Å²) in [5.74, 6) is 7.66. The lowest BCUT2D eigenvalue weighted by atomic mass is 9.95. The van der Waals surface area contributed by atoms with E-state index in [4.69, 9.17) is 10.8 Å². The first kappa shape index (κ1) is 14.2. The molecule has 0 aromatic carbocycles. The Labute approximate surface area is 123 Å². The van der Waals surface area contributed by atoms with Gasteiger partial charge in [0.05, 0.1) is 6.04 Å². The highest BCUT2D eigenvalue weighted by molar-refractivity contribution is 5.80. The van der Waals surface area contributed by atoms with Crippen LogP contribution in [0.15, 0.2) is 4.99 Å². The summed E-state index contributed by atoms with van der Waals surface area (Å²) in [5.41, 5.74) is 2.92. The van der Waals surface area contributed by atoms with Gasteiger partial charge >= 0.3 is 0 Å². The molecule has 4 heteroatoms. The molecule has 3 fully saturated rings. The summed E-state index contributed by atoms with van der Waals surface area (Å²) in [6, 6.07) is 1.19. The number of nitrogens with two attached hydrogens (primary N) is 1. The number of likely N-dealkylation sites (tertiary alicyclic amines) is 1. The Hall–Kier alpha value is -0.770. The molecular weight excluding hydrogens is 248 g/mol. The standard InChI is InChI=1S/C16H30N4/c17-19-16(18-14-9-2-1-3-10-14)20-12-6-11-15(20)13-7-4-5-8-13/h13-15H,1-12,17H2,(H,18,19). The quantitative estimate of drug-likeness (QED) is 0.353. The van der Waals surface area contributed by atoms with Crippen molar-refractivity contribution in [1.29, 1.82) is 0 Å². The monoisotopic (exact) mass is 278 g/mol. The number of hydrogen-bond donors (Lipinski definition) is 2. The number of aliphatic imine (C=N–C) groups is 1. The fourth-order valence-electron chi connectivity index (χ4n) is 4.47. The minimum absolute atomic E-state index is 0.500. The van der Waals surface area contributed by atoms with Crippen molar-refractivity contribution in [2.24, 2.45) is 16.8 Å². The van der Waals surface area contributed by atoms with E-state index >= 15 is 0 Å². The van der Waals surface area contributed by atoms with Crippen LogP contribution in [0, 0.1) is 5.92 Å². The second-order valence-corrected chi connectivity index (χ2v) is 6.84. The van der Waals surface area contributed by atoms with Gasteiger partial charge in [-0.2, -0.15) is 0 Å². The Bertz CT molecular complexity index is 329. The molecule has 4 nitrogen and oxygen atoms in total. The molecule has 0 aromatic heterocycles. The van der Waals surface area contributed by atoms with Gasteiger partial charge in [0.1, 0.15) is 0 Å². The average molecular weight is 278 g/mol. The minimum Gasteiger partial charge on any atom is -0.339 e. The fraction of sp³-hybridized carbons (Fsp3) is 0.938. The van der Waals surface area contributed by atoms with E-state index in [1.54, 1.807) is 0 Å². The maximum absolute atomic E-state index is 5.81. The van der Waals surface area contributed by atoms with E-state index in [2.05, 4.69) is 10.3 Å². The summed E-state index contributed by atoms with van der Waals surface area (Å²) in [6.45, 7) is 1.14. The van der Waals surface area contributed by atoms with Crippen LogP contribution in [0.2, 0.25) is 0 Å². The SMILES string of the molecule is NNC(=NC1CCCCC1)N1CCCC1C1CCCC1. The highest BCUT2D eigenvalue weighted by Crippen LogP contribution is 2.35. The molecule has 3 rings (SSSR count). The molecule has 0 bridgehead atoms. The van der Waals surface area contributed by atoms with Gasteiger partial charge in [0.2, 0.25) is 5.96 Å². The first-order valence-electron chi connectivity index (χ1n) is 8.69. The van der Waals surface area contributed by atoms with Gasteiger partial charge in [0.25, 0.3) is 0 Å². The number of hydrogen-bond acceptors (Lipinski definition) is 2.